The molecule has 2 rings (SSSR count). The number of carboxylic acids is 1. The second-order valence-corrected chi connectivity index (χ2v) is 7.98. The smallest absolute Gasteiger partial charge is 0.306 e. The van der Waals surface area contributed by atoms with E-state index in [0.717, 1.165) is 5.56 Å². The van der Waals surface area contributed by atoms with Gasteiger partial charge in [-0.3, -0.25) is 4.79 Å². The standard InChI is InChI=1S/C14H18BrNO4S/c1-9-2-7-13(12(15)8-9)21(19,20)16-11-5-3-10(4-6-11)14(17)18/h2,7-8,10-11,16H,3-6H2,1H3,(H,17,18). The summed E-state index contributed by atoms with van der Waals surface area (Å²) in [7, 11) is -3.59. The van der Waals surface area contributed by atoms with Crippen LogP contribution in [0.4, 0.5) is 0 Å². The van der Waals surface area contributed by atoms with E-state index in [2.05, 4.69) is 20.7 Å². The molecule has 5 nitrogen and oxygen atoms in total. The van der Waals surface area contributed by atoms with Crippen molar-refractivity contribution in [3.05, 3.63) is 28.2 Å². The summed E-state index contributed by atoms with van der Waals surface area (Å²) in [5, 5.41) is 8.95. The third kappa shape index (κ3) is 4.05. The third-order valence-electron chi connectivity index (χ3n) is 3.78. The molecule has 2 N–H and O–H groups in total. The molecule has 0 bridgehead atoms. The summed E-state index contributed by atoms with van der Waals surface area (Å²) in [6.07, 6.45) is 2.13. The van der Waals surface area contributed by atoms with E-state index in [1.54, 1.807) is 18.2 Å². The SMILES string of the molecule is Cc1ccc(S(=O)(=O)NC2CCC(C(=O)O)CC2)c(Br)c1. The van der Waals surface area contributed by atoms with Gasteiger partial charge in [0.15, 0.2) is 0 Å². The van der Waals surface area contributed by atoms with Gasteiger partial charge in [-0.1, -0.05) is 6.07 Å². The van der Waals surface area contributed by atoms with Gasteiger partial charge >= 0.3 is 5.97 Å². The highest BCUT2D eigenvalue weighted by Crippen LogP contribution is 2.27. The molecule has 0 heterocycles. The van der Waals surface area contributed by atoms with Gasteiger partial charge < -0.3 is 5.11 Å². The van der Waals surface area contributed by atoms with Crippen molar-refractivity contribution >= 4 is 31.9 Å². The van der Waals surface area contributed by atoms with E-state index in [9.17, 15) is 13.2 Å². The number of hydrogen-bond acceptors (Lipinski definition) is 3. The molecule has 0 aliphatic heterocycles. The van der Waals surface area contributed by atoms with Crippen LogP contribution in [0.5, 0.6) is 0 Å². The summed E-state index contributed by atoms with van der Waals surface area (Å²) in [5.74, 6) is -1.14. The van der Waals surface area contributed by atoms with Crippen molar-refractivity contribution in [1.29, 1.82) is 0 Å². The number of hydrogen-bond donors (Lipinski definition) is 2. The Morgan fingerprint density at radius 3 is 2.43 bits per heavy atom. The van der Waals surface area contributed by atoms with Crippen molar-refractivity contribution in [2.24, 2.45) is 5.92 Å². The van der Waals surface area contributed by atoms with Gasteiger partial charge in [0.05, 0.1) is 10.8 Å². The molecule has 1 aliphatic rings. The van der Waals surface area contributed by atoms with Crippen LogP contribution in [0.2, 0.25) is 0 Å². The van der Waals surface area contributed by atoms with Crippen molar-refractivity contribution in [3.8, 4) is 0 Å². The molecule has 0 spiro atoms. The first-order valence-electron chi connectivity index (χ1n) is 6.81. The maximum absolute atomic E-state index is 12.4. The third-order valence-corrected chi connectivity index (χ3v) is 6.27. The number of halogens is 1. The lowest BCUT2D eigenvalue weighted by atomic mass is 9.87. The van der Waals surface area contributed by atoms with Crippen molar-refractivity contribution in [3.63, 3.8) is 0 Å². The zero-order chi connectivity index (χ0) is 15.6. The first-order chi connectivity index (χ1) is 9.79. The molecule has 0 aromatic heterocycles. The van der Waals surface area contributed by atoms with E-state index in [4.69, 9.17) is 5.11 Å². The maximum Gasteiger partial charge on any atom is 0.306 e. The summed E-state index contributed by atoms with van der Waals surface area (Å²) >= 11 is 3.28. The van der Waals surface area contributed by atoms with Crippen molar-refractivity contribution in [1.82, 2.24) is 4.72 Å². The van der Waals surface area contributed by atoms with E-state index in [0.29, 0.717) is 30.2 Å². The summed E-state index contributed by atoms with van der Waals surface area (Å²) in [6.45, 7) is 1.89. The minimum absolute atomic E-state index is 0.196. The Balaban J connectivity index is 2.07. The van der Waals surface area contributed by atoms with Gasteiger partial charge in [0.2, 0.25) is 10.0 Å². The van der Waals surface area contributed by atoms with Gasteiger partial charge in [0.1, 0.15) is 0 Å². The van der Waals surface area contributed by atoms with E-state index in [1.807, 2.05) is 6.92 Å². The normalized spacial score (nSPS) is 23.0. The van der Waals surface area contributed by atoms with Crippen LogP contribution < -0.4 is 4.72 Å². The molecular formula is C14H18BrNO4S. The quantitative estimate of drug-likeness (QED) is 0.847. The average molecular weight is 376 g/mol. The Morgan fingerprint density at radius 1 is 1.29 bits per heavy atom. The molecule has 1 aromatic rings. The number of aryl methyl sites for hydroxylation is 1. The highest BCUT2D eigenvalue weighted by Gasteiger charge is 2.29. The fraction of sp³-hybridized carbons (Fsp3) is 0.500. The Morgan fingerprint density at radius 2 is 1.90 bits per heavy atom. The maximum atomic E-state index is 12.4. The fourth-order valence-corrected chi connectivity index (χ4v) is 5.06. The van der Waals surface area contributed by atoms with Crippen LogP contribution >= 0.6 is 15.9 Å². The Labute approximate surface area is 132 Å². The number of benzene rings is 1. The van der Waals surface area contributed by atoms with Crippen LogP contribution in [0, 0.1) is 12.8 Å². The molecule has 116 valence electrons. The highest BCUT2D eigenvalue weighted by atomic mass is 79.9. The summed E-state index contributed by atoms with van der Waals surface area (Å²) < 4.78 is 28.0. The number of aliphatic carboxylic acids is 1. The summed E-state index contributed by atoms with van der Waals surface area (Å²) in [4.78, 5) is 11.1. The zero-order valence-electron chi connectivity index (χ0n) is 11.7. The first-order valence-corrected chi connectivity index (χ1v) is 9.08. The molecule has 1 fully saturated rings. The van der Waals surface area contributed by atoms with Gasteiger partial charge in [0.25, 0.3) is 0 Å². The molecule has 1 aromatic carbocycles. The lowest BCUT2D eigenvalue weighted by Crippen LogP contribution is -2.38. The second kappa shape index (κ2) is 6.46. The number of sulfonamides is 1. The van der Waals surface area contributed by atoms with Crippen LogP contribution in [0.3, 0.4) is 0 Å². The Hall–Kier alpha value is -0.920. The number of rotatable bonds is 4. The number of carboxylic acid groups (broad SMARTS) is 1. The largest absolute Gasteiger partial charge is 0.481 e. The lowest BCUT2D eigenvalue weighted by Gasteiger charge is -2.26. The summed E-state index contributed by atoms with van der Waals surface area (Å²) in [6, 6.07) is 4.89. The summed E-state index contributed by atoms with van der Waals surface area (Å²) in [5.41, 5.74) is 0.975. The monoisotopic (exact) mass is 375 g/mol. The van der Waals surface area contributed by atoms with Gasteiger partial charge in [-0.25, -0.2) is 13.1 Å². The van der Waals surface area contributed by atoms with Crippen LogP contribution in [0.25, 0.3) is 0 Å². The molecule has 0 amide bonds. The molecule has 1 aliphatic carbocycles. The fourth-order valence-electron chi connectivity index (χ4n) is 2.56. The van der Waals surface area contributed by atoms with Crippen LogP contribution in [0.1, 0.15) is 31.2 Å². The second-order valence-electron chi connectivity index (χ2n) is 5.44. The van der Waals surface area contributed by atoms with Gasteiger partial charge in [-0.2, -0.15) is 0 Å². The van der Waals surface area contributed by atoms with Crippen LogP contribution in [-0.2, 0) is 14.8 Å². The molecule has 0 unspecified atom stereocenters. The molecule has 0 atom stereocenters. The van der Waals surface area contributed by atoms with Crippen LogP contribution in [-0.4, -0.2) is 25.5 Å². The van der Waals surface area contributed by atoms with Crippen molar-refractivity contribution < 1.29 is 18.3 Å². The van der Waals surface area contributed by atoms with Crippen molar-refractivity contribution in [2.45, 2.75) is 43.5 Å². The molecule has 1 saturated carbocycles. The minimum Gasteiger partial charge on any atom is -0.481 e. The first kappa shape index (κ1) is 16.5. The molecule has 7 heteroatoms. The van der Waals surface area contributed by atoms with Gasteiger partial charge in [-0.15, -0.1) is 0 Å². The predicted molar refractivity (Wildman–Crippen MR) is 82.6 cm³/mol. The van der Waals surface area contributed by atoms with Gasteiger partial charge in [0, 0.05) is 10.5 Å². The van der Waals surface area contributed by atoms with Gasteiger partial charge in [-0.05, 0) is 66.2 Å². The Bertz CT molecular complexity index is 636. The predicted octanol–water partition coefficient (Wildman–Crippen LogP) is 2.68. The van der Waals surface area contributed by atoms with E-state index in [-0.39, 0.29) is 16.9 Å². The average Bonchev–Trinajstić information content (AvgIpc) is 2.38. The topological polar surface area (TPSA) is 83.5 Å². The van der Waals surface area contributed by atoms with E-state index < -0.39 is 16.0 Å². The molecular weight excluding hydrogens is 358 g/mol. The highest BCUT2D eigenvalue weighted by molar-refractivity contribution is 9.10. The van der Waals surface area contributed by atoms with Crippen LogP contribution in [0.15, 0.2) is 27.6 Å². The Kier molecular flexibility index (Phi) is 5.06. The van der Waals surface area contributed by atoms with Crippen molar-refractivity contribution in [2.75, 3.05) is 0 Å². The number of nitrogens with one attached hydrogen (secondary N) is 1. The molecule has 21 heavy (non-hydrogen) atoms. The number of carbonyl (C=O) groups is 1. The van der Waals surface area contributed by atoms with E-state index in [1.165, 1.54) is 0 Å². The lowest BCUT2D eigenvalue weighted by molar-refractivity contribution is -0.142. The molecule has 0 radical (unpaired) electrons. The zero-order valence-corrected chi connectivity index (χ0v) is 14.1. The van der Waals surface area contributed by atoms with E-state index >= 15 is 0 Å². The minimum atomic E-state index is -3.59. The molecule has 0 saturated heterocycles.